The van der Waals surface area contributed by atoms with Crippen molar-refractivity contribution in [1.29, 1.82) is 0 Å². The van der Waals surface area contributed by atoms with Crippen molar-refractivity contribution in [3.8, 4) is 0 Å². The molecule has 0 aromatic heterocycles. The number of carboxylic acids is 1. The van der Waals surface area contributed by atoms with E-state index in [9.17, 15) is 19.5 Å². The zero-order valence-corrected chi connectivity index (χ0v) is 13.6. The van der Waals surface area contributed by atoms with E-state index in [2.05, 4.69) is 10.6 Å². The molecule has 0 radical (unpaired) electrons. The molecule has 0 heterocycles. The lowest BCUT2D eigenvalue weighted by Gasteiger charge is -2.30. The minimum atomic E-state index is -1.47. The molecule has 0 aliphatic rings. The summed E-state index contributed by atoms with van der Waals surface area (Å²) in [6.45, 7) is 4.21. The van der Waals surface area contributed by atoms with Crippen LogP contribution >= 0.6 is 0 Å². The first-order chi connectivity index (χ1) is 11.0. The van der Waals surface area contributed by atoms with Gasteiger partial charge in [0.05, 0.1) is 0 Å². The van der Waals surface area contributed by atoms with Gasteiger partial charge < -0.3 is 15.7 Å². The Morgan fingerprint density at radius 2 is 1.65 bits per heavy atom. The van der Waals surface area contributed by atoms with Crippen LogP contribution in [0.5, 0.6) is 0 Å². The molecule has 6 heteroatoms. The summed E-state index contributed by atoms with van der Waals surface area (Å²) in [4.78, 5) is 35.4. The standard InChI is InChI=1S/C17H24N2O4/c1-3-12-18-14(20)10-11-15(21)19-17(4-2,16(22)23)13-8-6-5-7-9-13/h5-9H,3-4,10-12H2,1-2H3,(H,18,20)(H,19,21)(H,22,23). The first-order valence-electron chi connectivity index (χ1n) is 7.83. The first-order valence-corrected chi connectivity index (χ1v) is 7.83. The summed E-state index contributed by atoms with van der Waals surface area (Å²) < 4.78 is 0. The third kappa shape index (κ3) is 5.09. The second-order valence-corrected chi connectivity index (χ2v) is 5.33. The SMILES string of the molecule is CCCNC(=O)CCC(=O)NC(CC)(C(=O)O)c1ccccc1. The molecule has 1 aromatic carbocycles. The van der Waals surface area contributed by atoms with Gasteiger partial charge in [0.2, 0.25) is 11.8 Å². The molecular formula is C17H24N2O4. The van der Waals surface area contributed by atoms with E-state index in [1.807, 2.05) is 6.92 Å². The van der Waals surface area contributed by atoms with Crippen LogP contribution in [-0.2, 0) is 19.9 Å². The van der Waals surface area contributed by atoms with E-state index in [1.165, 1.54) is 0 Å². The fourth-order valence-corrected chi connectivity index (χ4v) is 2.30. The maximum atomic E-state index is 12.1. The highest BCUT2D eigenvalue weighted by Gasteiger charge is 2.40. The van der Waals surface area contributed by atoms with E-state index in [1.54, 1.807) is 37.3 Å². The minimum Gasteiger partial charge on any atom is -0.479 e. The second kappa shape index (κ2) is 8.92. The maximum Gasteiger partial charge on any atom is 0.334 e. The molecule has 1 unspecified atom stereocenters. The average molecular weight is 320 g/mol. The number of rotatable bonds is 9. The number of carbonyl (C=O) groups is 3. The first kappa shape index (κ1) is 18.7. The maximum absolute atomic E-state index is 12.1. The monoisotopic (exact) mass is 320 g/mol. The van der Waals surface area contributed by atoms with Crippen molar-refractivity contribution in [3.63, 3.8) is 0 Å². The summed E-state index contributed by atoms with van der Waals surface area (Å²) in [5.74, 6) is -1.78. The van der Waals surface area contributed by atoms with Crippen LogP contribution < -0.4 is 10.6 Å². The van der Waals surface area contributed by atoms with Crippen molar-refractivity contribution in [2.24, 2.45) is 0 Å². The van der Waals surface area contributed by atoms with Crippen molar-refractivity contribution >= 4 is 17.8 Å². The van der Waals surface area contributed by atoms with Crippen LogP contribution in [0.25, 0.3) is 0 Å². The highest BCUT2D eigenvalue weighted by molar-refractivity contribution is 5.90. The molecule has 0 aliphatic carbocycles. The Bertz CT molecular complexity index is 545. The van der Waals surface area contributed by atoms with E-state index < -0.39 is 17.4 Å². The zero-order valence-electron chi connectivity index (χ0n) is 13.6. The number of benzene rings is 1. The Morgan fingerprint density at radius 3 is 2.17 bits per heavy atom. The van der Waals surface area contributed by atoms with Gasteiger partial charge in [-0.2, -0.15) is 0 Å². The lowest BCUT2D eigenvalue weighted by Crippen LogP contribution is -2.51. The summed E-state index contributed by atoms with van der Waals surface area (Å²) in [5.41, 5.74) is -0.961. The lowest BCUT2D eigenvalue weighted by molar-refractivity contribution is -0.148. The molecular weight excluding hydrogens is 296 g/mol. The summed E-state index contributed by atoms with van der Waals surface area (Å²) in [6.07, 6.45) is 1.03. The van der Waals surface area contributed by atoms with Gasteiger partial charge in [-0.25, -0.2) is 4.79 Å². The lowest BCUT2D eigenvalue weighted by atomic mass is 9.87. The van der Waals surface area contributed by atoms with Gasteiger partial charge in [-0.15, -0.1) is 0 Å². The number of hydrogen-bond acceptors (Lipinski definition) is 3. The van der Waals surface area contributed by atoms with Gasteiger partial charge in [0.25, 0.3) is 0 Å². The molecule has 23 heavy (non-hydrogen) atoms. The Labute approximate surface area is 136 Å². The number of aliphatic carboxylic acids is 1. The van der Waals surface area contributed by atoms with E-state index >= 15 is 0 Å². The smallest absolute Gasteiger partial charge is 0.334 e. The third-order valence-corrected chi connectivity index (χ3v) is 3.67. The predicted octanol–water partition coefficient (Wildman–Crippen LogP) is 1.80. The highest BCUT2D eigenvalue weighted by Crippen LogP contribution is 2.25. The molecule has 0 saturated carbocycles. The molecule has 1 aromatic rings. The molecule has 0 bridgehead atoms. The summed E-state index contributed by atoms with van der Waals surface area (Å²) >= 11 is 0. The third-order valence-electron chi connectivity index (χ3n) is 3.67. The normalized spacial score (nSPS) is 13.0. The van der Waals surface area contributed by atoms with E-state index in [0.29, 0.717) is 12.1 Å². The molecule has 1 atom stereocenters. The summed E-state index contributed by atoms with van der Waals surface area (Å²) in [5, 5.41) is 14.9. The van der Waals surface area contributed by atoms with Crippen LogP contribution in [0.1, 0.15) is 45.1 Å². The number of hydrogen-bond donors (Lipinski definition) is 3. The number of amides is 2. The van der Waals surface area contributed by atoms with Crippen LogP contribution in [0, 0.1) is 0 Å². The quantitative estimate of drug-likeness (QED) is 0.646. The predicted molar refractivity (Wildman–Crippen MR) is 86.7 cm³/mol. The van der Waals surface area contributed by atoms with Crippen molar-refractivity contribution in [3.05, 3.63) is 35.9 Å². The van der Waals surface area contributed by atoms with Crippen LogP contribution in [0.4, 0.5) is 0 Å². The van der Waals surface area contributed by atoms with E-state index in [0.717, 1.165) is 6.42 Å². The molecule has 6 nitrogen and oxygen atoms in total. The molecule has 0 saturated heterocycles. The fraction of sp³-hybridized carbons (Fsp3) is 0.471. The van der Waals surface area contributed by atoms with Crippen molar-refractivity contribution in [2.75, 3.05) is 6.54 Å². The van der Waals surface area contributed by atoms with Gasteiger partial charge in [0, 0.05) is 19.4 Å². The molecule has 126 valence electrons. The van der Waals surface area contributed by atoms with Gasteiger partial charge in [-0.05, 0) is 18.4 Å². The fourth-order valence-electron chi connectivity index (χ4n) is 2.30. The Morgan fingerprint density at radius 1 is 1.04 bits per heavy atom. The van der Waals surface area contributed by atoms with Gasteiger partial charge in [-0.3, -0.25) is 9.59 Å². The van der Waals surface area contributed by atoms with Crippen molar-refractivity contribution in [1.82, 2.24) is 10.6 Å². The van der Waals surface area contributed by atoms with Crippen LogP contribution in [0.2, 0.25) is 0 Å². The van der Waals surface area contributed by atoms with E-state index in [4.69, 9.17) is 0 Å². The van der Waals surface area contributed by atoms with Crippen molar-refractivity contribution < 1.29 is 19.5 Å². The minimum absolute atomic E-state index is 0.0417. The van der Waals surface area contributed by atoms with Crippen LogP contribution in [0.3, 0.4) is 0 Å². The van der Waals surface area contributed by atoms with Gasteiger partial charge in [0.1, 0.15) is 0 Å². The Balaban J connectivity index is 2.77. The summed E-state index contributed by atoms with van der Waals surface area (Å²) in [7, 11) is 0. The molecule has 0 aliphatic heterocycles. The summed E-state index contributed by atoms with van der Waals surface area (Å²) in [6, 6.07) is 8.59. The molecule has 0 fully saturated rings. The van der Waals surface area contributed by atoms with Gasteiger partial charge >= 0.3 is 5.97 Å². The number of carbonyl (C=O) groups excluding carboxylic acids is 2. The largest absolute Gasteiger partial charge is 0.479 e. The number of nitrogens with one attached hydrogen (secondary N) is 2. The molecule has 1 rings (SSSR count). The second-order valence-electron chi connectivity index (χ2n) is 5.33. The Kier molecular flexibility index (Phi) is 7.25. The molecule has 2 amide bonds. The van der Waals surface area contributed by atoms with Gasteiger partial charge in [-0.1, -0.05) is 44.2 Å². The Hall–Kier alpha value is -2.37. The van der Waals surface area contributed by atoms with Crippen molar-refractivity contribution in [2.45, 2.75) is 45.1 Å². The number of carboxylic acid groups (broad SMARTS) is 1. The molecule has 0 spiro atoms. The van der Waals surface area contributed by atoms with Crippen LogP contribution in [-0.4, -0.2) is 29.4 Å². The highest BCUT2D eigenvalue weighted by atomic mass is 16.4. The average Bonchev–Trinajstić information content (AvgIpc) is 2.56. The topological polar surface area (TPSA) is 95.5 Å². The van der Waals surface area contributed by atoms with Gasteiger partial charge in [0.15, 0.2) is 5.54 Å². The van der Waals surface area contributed by atoms with Crippen LogP contribution in [0.15, 0.2) is 30.3 Å². The van der Waals surface area contributed by atoms with E-state index in [-0.39, 0.29) is 25.2 Å². The zero-order chi connectivity index (χ0) is 17.3. The molecule has 3 N–H and O–H groups in total.